The Morgan fingerprint density at radius 3 is 2.75 bits per heavy atom. The van der Waals surface area contributed by atoms with Crippen molar-refractivity contribution < 1.29 is 9.90 Å². The van der Waals surface area contributed by atoms with Crippen molar-refractivity contribution in [2.24, 2.45) is 0 Å². The number of nitrogens with one attached hydrogen (secondary N) is 1. The van der Waals surface area contributed by atoms with Crippen LogP contribution in [0.25, 0.3) is 10.9 Å². The average Bonchev–Trinajstić information content (AvgIpc) is 3.43. The highest BCUT2D eigenvalue weighted by atomic mass is 16.3. The maximum absolute atomic E-state index is 13.4. The molecule has 3 heterocycles. The minimum atomic E-state index is -0.498. The van der Waals surface area contributed by atoms with Crippen molar-refractivity contribution in [2.45, 2.75) is 94.7 Å². The van der Waals surface area contributed by atoms with E-state index in [0.29, 0.717) is 12.3 Å². The van der Waals surface area contributed by atoms with Crippen LogP contribution in [0.2, 0.25) is 0 Å². The third-order valence-electron chi connectivity index (χ3n) is 7.53. The van der Waals surface area contributed by atoms with Crippen LogP contribution in [0, 0.1) is 0 Å². The van der Waals surface area contributed by atoms with E-state index in [1.807, 2.05) is 0 Å². The SMILES string of the molecule is CCC(CC(=O)N1C(CC)CC2(O)CC1C2)c1c[nH]c2cccc(C3CC3)c12. The molecule has 2 saturated carbocycles. The quantitative estimate of drug-likeness (QED) is 0.754. The van der Waals surface area contributed by atoms with Gasteiger partial charge in [0.1, 0.15) is 0 Å². The molecule has 2 unspecified atom stereocenters. The van der Waals surface area contributed by atoms with E-state index in [0.717, 1.165) is 32.1 Å². The lowest BCUT2D eigenvalue weighted by atomic mass is 9.66. The summed E-state index contributed by atoms with van der Waals surface area (Å²) in [6, 6.07) is 7.04. The second kappa shape index (κ2) is 6.62. The van der Waals surface area contributed by atoms with Crippen LogP contribution in [0.3, 0.4) is 0 Å². The van der Waals surface area contributed by atoms with Gasteiger partial charge in [0, 0.05) is 35.6 Å². The normalized spacial score (nSPS) is 30.3. The van der Waals surface area contributed by atoms with E-state index in [2.05, 4.69) is 48.1 Å². The number of carbonyl (C=O) groups excluding carboxylic acids is 1. The molecule has 0 radical (unpaired) electrons. The van der Waals surface area contributed by atoms with Gasteiger partial charge >= 0.3 is 0 Å². The lowest BCUT2D eigenvalue weighted by Crippen LogP contribution is -2.67. The Hall–Kier alpha value is -1.81. The first-order valence-corrected chi connectivity index (χ1v) is 11.2. The minimum absolute atomic E-state index is 0.201. The maximum Gasteiger partial charge on any atom is 0.223 e. The number of carbonyl (C=O) groups is 1. The number of fused-ring (bicyclic) bond motifs is 3. The summed E-state index contributed by atoms with van der Waals surface area (Å²) in [5.41, 5.74) is 3.50. The minimum Gasteiger partial charge on any atom is -0.390 e. The van der Waals surface area contributed by atoms with Gasteiger partial charge in [0.05, 0.1) is 5.60 Å². The number of H-pyrrole nitrogens is 1. The molecule has 2 aromatic rings. The number of rotatable bonds is 6. The van der Waals surface area contributed by atoms with E-state index in [9.17, 15) is 9.90 Å². The van der Waals surface area contributed by atoms with Crippen LogP contribution in [0.1, 0.15) is 88.2 Å². The molecule has 150 valence electrons. The second-order valence-corrected chi connectivity index (χ2v) is 9.45. The Kier molecular flexibility index (Phi) is 4.31. The Morgan fingerprint density at radius 1 is 1.29 bits per heavy atom. The number of piperidine rings is 2. The highest BCUT2D eigenvalue weighted by Gasteiger charge is 2.54. The van der Waals surface area contributed by atoms with Crippen LogP contribution in [0.5, 0.6) is 0 Å². The van der Waals surface area contributed by atoms with Gasteiger partial charge in [-0.05, 0) is 74.0 Å². The molecule has 1 aromatic carbocycles. The van der Waals surface area contributed by atoms with Gasteiger partial charge in [-0.2, -0.15) is 0 Å². The first-order valence-electron chi connectivity index (χ1n) is 11.2. The molecule has 28 heavy (non-hydrogen) atoms. The molecule has 2 atom stereocenters. The molecule has 0 spiro atoms. The molecule has 2 bridgehead atoms. The number of nitrogens with zero attached hydrogens (tertiary/aromatic N) is 1. The summed E-state index contributed by atoms with van der Waals surface area (Å²) >= 11 is 0. The Morgan fingerprint density at radius 2 is 2.07 bits per heavy atom. The fourth-order valence-corrected chi connectivity index (χ4v) is 5.85. The number of hydrogen-bond acceptors (Lipinski definition) is 2. The van der Waals surface area contributed by atoms with Gasteiger partial charge in [-0.1, -0.05) is 26.0 Å². The smallest absolute Gasteiger partial charge is 0.223 e. The molecule has 4 aliphatic rings. The molecule has 2 N–H and O–H groups in total. The van der Waals surface area contributed by atoms with E-state index in [1.165, 1.54) is 34.9 Å². The molecule has 4 heteroatoms. The fourth-order valence-electron chi connectivity index (χ4n) is 5.85. The Labute approximate surface area is 167 Å². The van der Waals surface area contributed by atoms with Gasteiger partial charge in [0.15, 0.2) is 0 Å². The molecular weight excluding hydrogens is 348 g/mol. The van der Waals surface area contributed by atoms with Crippen molar-refractivity contribution in [3.05, 3.63) is 35.5 Å². The predicted octanol–water partition coefficient (Wildman–Crippen LogP) is 4.83. The molecule has 4 fully saturated rings. The van der Waals surface area contributed by atoms with Crippen LogP contribution >= 0.6 is 0 Å². The zero-order valence-corrected chi connectivity index (χ0v) is 17.1. The zero-order valence-electron chi connectivity index (χ0n) is 17.1. The van der Waals surface area contributed by atoms with E-state index in [1.54, 1.807) is 0 Å². The standard InChI is InChI=1S/C24H32N2O2/c1-3-15(10-22(27)26-17(4-2)11-24(28)12-18(26)13-24)20-14-25-21-7-5-6-19(23(20)21)16-8-9-16/h5-7,14-18,25,28H,3-4,8-13H2,1-2H3. The average molecular weight is 381 g/mol. The van der Waals surface area contributed by atoms with Gasteiger partial charge in [-0.3, -0.25) is 4.79 Å². The first-order chi connectivity index (χ1) is 13.5. The molecular formula is C24H32N2O2. The van der Waals surface area contributed by atoms with Crippen LogP contribution in [-0.4, -0.2) is 38.6 Å². The van der Waals surface area contributed by atoms with Gasteiger partial charge in [0.25, 0.3) is 0 Å². The fraction of sp³-hybridized carbons (Fsp3) is 0.625. The molecule has 2 saturated heterocycles. The third kappa shape index (κ3) is 2.88. The summed E-state index contributed by atoms with van der Waals surface area (Å²) in [4.78, 5) is 19.0. The monoisotopic (exact) mass is 380 g/mol. The molecule has 2 aliphatic heterocycles. The van der Waals surface area contributed by atoms with Gasteiger partial charge < -0.3 is 15.0 Å². The molecule has 1 aromatic heterocycles. The number of amides is 1. The van der Waals surface area contributed by atoms with Crippen LogP contribution in [0.15, 0.2) is 24.4 Å². The predicted molar refractivity (Wildman–Crippen MR) is 111 cm³/mol. The summed E-state index contributed by atoms with van der Waals surface area (Å²) in [6.45, 7) is 4.34. The van der Waals surface area contributed by atoms with E-state index in [-0.39, 0.29) is 23.9 Å². The van der Waals surface area contributed by atoms with Gasteiger partial charge in [0.2, 0.25) is 5.91 Å². The molecule has 4 nitrogen and oxygen atoms in total. The summed E-state index contributed by atoms with van der Waals surface area (Å²) in [6.07, 6.45) is 9.49. The first kappa shape index (κ1) is 18.2. The summed E-state index contributed by atoms with van der Waals surface area (Å²) in [5, 5.41) is 11.9. The summed E-state index contributed by atoms with van der Waals surface area (Å²) < 4.78 is 0. The van der Waals surface area contributed by atoms with Crippen molar-refractivity contribution in [3.63, 3.8) is 0 Å². The van der Waals surface area contributed by atoms with Crippen LogP contribution in [0.4, 0.5) is 0 Å². The second-order valence-electron chi connectivity index (χ2n) is 9.45. The zero-order chi connectivity index (χ0) is 19.5. The Balaban J connectivity index is 1.41. The van der Waals surface area contributed by atoms with Crippen LogP contribution in [-0.2, 0) is 4.79 Å². The van der Waals surface area contributed by atoms with Crippen molar-refractivity contribution in [3.8, 4) is 0 Å². The number of benzene rings is 1. The van der Waals surface area contributed by atoms with Crippen molar-refractivity contribution >= 4 is 16.8 Å². The third-order valence-corrected chi connectivity index (χ3v) is 7.53. The van der Waals surface area contributed by atoms with Gasteiger partial charge in [-0.25, -0.2) is 0 Å². The molecule has 2 aliphatic carbocycles. The number of aliphatic hydroxyl groups is 1. The van der Waals surface area contributed by atoms with Crippen molar-refractivity contribution in [2.75, 3.05) is 0 Å². The van der Waals surface area contributed by atoms with E-state index < -0.39 is 5.60 Å². The topological polar surface area (TPSA) is 56.3 Å². The Bertz CT molecular complexity index is 891. The van der Waals surface area contributed by atoms with Gasteiger partial charge in [-0.15, -0.1) is 0 Å². The number of aromatic nitrogens is 1. The molecule has 6 rings (SSSR count). The molecule has 1 amide bonds. The largest absolute Gasteiger partial charge is 0.390 e. The van der Waals surface area contributed by atoms with Crippen molar-refractivity contribution in [1.29, 1.82) is 0 Å². The summed E-state index contributed by atoms with van der Waals surface area (Å²) in [5.74, 6) is 1.23. The lowest BCUT2D eigenvalue weighted by molar-refractivity contribution is -0.179. The number of hydrogen-bond donors (Lipinski definition) is 2. The lowest BCUT2D eigenvalue weighted by Gasteiger charge is -2.58. The van der Waals surface area contributed by atoms with Crippen molar-refractivity contribution in [1.82, 2.24) is 9.88 Å². The maximum atomic E-state index is 13.4. The highest BCUT2D eigenvalue weighted by molar-refractivity contribution is 5.89. The van der Waals surface area contributed by atoms with Crippen LogP contribution < -0.4 is 0 Å². The summed E-state index contributed by atoms with van der Waals surface area (Å²) in [7, 11) is 0. The number of aromatic amines is 1. The van der Waals surface area contributed by atoms with E-state index >= 15 is 0 Å². The van der Waals surface area contributed by atoms with E-state index in [4.69, 9.17) is 0 Å². The highest BCUT2D eigenvalue weighted by Crippen LogP contribution is 2.48.